The molecule has 0 radical (unpaired) electrons. The van der Waals surface area contributed by atoms with E-state index in [1.165, 1.54) is 36.8 Å². The number of hydrogen-bond donors (Lipinski definition) is 1. The maximum atomic E-state index is 4.53. The summed E-state index contributed by atoms with van der Waals surface area (Å²) in [6.07, 6.45) is 5.19. The van der Waals surface area contributed by atoms with Gasteiger partial charge >= 0.3 is 0 Å². The van der Waals surface area contributed by atoms with Crippen LogP contribution in [0.15, 0.2) is 24.3 Å². The smallest absolute Gasteiger partial charge is 0.00172 e. The molecule has 0 amide bonds. The van der Waals surface area contributed by atoms with Crippen molar-refractivity contribution in [2.45, 2.75) is 43.8 Å². The fourth-order valence-corrected chi connectivity index (χ4v) is 2.55. The van der Waals surface area contributed by atoms with E-state index in [1.54, 1.807) is 0 Å². The molecule has 1 saturated carbocycles. The van der Waals surface area contributed by atoms with E-state index in [0.717, 1.165) is 5.92 Å². The van der Waals surface area contributed by atoms with Gasteiger partial charge in [-0.05, 0) is 44.1 Å². The lowest BCUT2D eigenvalue weighted by atomic mass is 9.84. The Morgan fingerprint density at radius 3 is 2.14 bits per heavy atom. The van der Waals surface area contributed by atoms with E-state index < -0.39 is 0 Å². The summed E-state index contributed by atoms with van der Waals surface area (Å²) in [5.74, 6) is 0.791. The number of hydrogen-bond acceptors (Lipinski definition) is 1. The molecule has 0 aromatic heterocycles. The second kappa shape index (κ2) is 4.39. The van der Waals surface area contributed by atoms with Gasteiger partial charge in [0.2, 0.25) is 0 Å². The molecular formula is C13H18S. The highest BCUT2D eigenvalue weighted by Gasteiger charge is 2.19. The first kappa shape index (κ1) is 10.1. The highest BCUT2D eigenvalue weighted by atomic mass is 32.1. The van der Waals surface area contributed by atoms with Crippen molar-refractivity contribution >= 4 is 12.6 Å². The minimum absolute atomic E-state index is 0.650. The van der Waals surface area contributed by atoms with E-state index in [0.29, 0.717) is 5.25 Å². The zero-order valence-electron chi connectivity index (χ0n) is 8.74. The molecule has 1 fully saturated rings. The van der Waals surface area contributed by atoms with Crippen LogP contribution in [0.3, 0.4) is 0 Å². The fourth-order valence-electron chi connectivity index (χ4n) is 2.25. The predicted molar refractivity (Wildman–Crippen MR) is 65.2 cm³/mol. The van der Waals surface area contributed by atoms with Gasteiger partial charge in [-0.2, -0.15) is 12.6 Å². The molecule has 0 saturated heterocycles. The highest BCUT2D eigenvalue weighted by Crippen LogP contribution is 2.34. The summed E-state index contributed by atoms with van der Waals surface area (Å²) in [7, 11) is 0. The Labute approximate surface area is 92.1 Å². The van der Waals surface area contributed by atoms with Crippen LogP contribution >= 0.6 is 12.6 Å². The number of thiol groups is 1. The quantitative estimate of drug-likeness (QED) is 0.661. The molecule has 1 aliphatic rings. The molecule has 0 N–H and O–H groups in total. The van der Waals surface area contributed by atoms with Crippen molar-refractivity contribution in [1.29, 1.82) is 0 Å². The first-order valence-electron chi connectivity index (χ1n) is 5.50. The van der Waals surface area contributed by atoms with Crippen molar-refractivity contribution in [2.24, 2.45) is 0 Å². The zero-order valence-corrected chi connectivity index (χ0v) is 9.63. The second-order valence-corrected chi connectivity index (χ2v) is 5.15. The Balaban J connectivity index is 2.05. The molecule has 0 atom stereocenters. The summed E-state index contributed by atoms with van der Waals surface area (Å²) in [6.45, 7) is 2.15. The Hall–Kier alpha value is -0.430. The van der Waals surface area contributed by atoms with E-state index in [4.69, 9.17) is 0 Å². The van der Waals surface area contributed by atoms with Crippen LogP contribution in [0.5, 0.6) is 0 Å². The molecule has 0 bridgehead atoms. The van der Waals surface area contributed by atoms with Gasteiger partial charge in [0.25, 0.3) is 0 Å². The number of aryl methyl sites for hydroxylation is 1. The van der Waals surface area contributed by atoms with Crippen LogP contribution < -0.4 is 0 Å². The highest BCUT2D eigenvalue weighted by molar-refractivity contribution is 7.80. The van der Waals surface area contributed by atoms with Crippen molar-refractivity contribution in [3.8, 4) is 0 Å². The Bertz CT molecular complexity index is 281. The largest absolute Gasteiger partial charge is 0.176 e. The standard InChI is InChI=1S/C13H18S/c1-10-2-4-11(5-3-10)12-6-8-13(14)9-7-12/h2-5,12-14H,6-9H2,1H3. The maximum Gasteiger partial charge on any atom is 0.00172 e. The lowest BCUT2D eigenvalue weighted by molar-refractivity contribution is 0.454. The maximum absolute atomic E-state index is 4.53. The topological polar surface area (TPSA) is 0 Å². The fraction of sp³-hybridized carbons (Fsp3) is 0.538. The van der Waals surface area contributed by atoms with Gasteiger partial charge in [-0.3, -0.25) is 0 Å². The Morgan fingerprint density at radius 1 is 1.00 bits per heavy atom. The molecule has 1 aliphatic carbocycles. The molecular weight excluding hydrogens is 188 g/mol. The van der Waals surface area contributed by atoms with Gasteiger partial charge in [0.1, 0.15) is 0 Å². The minimum atomic E-state index is 0.650. The minimum Gasteiger partial charge on any atom is -0.176 e. The summed E-state index contributed by atoms with van der Waals surface area (Å²) in [4.78, 5) is 0. The Morgan fingerprint density at radius 2 is 1.57 bits per heavy atom. The third kappa shape index (κ3) is 2.33. The van der Waals surface area contributed by atoms with Crippen LogP contribution in [0, 0.1) is 6.92 Å². The predicted octanol–water partition coefficient (Wildman–Crippen LogP) is 3.95. The average Bonchev–Trinajstić information content (AvgIpc) is 2.21. The van der Waals surface area contributed by atoms with Gasteiger partial charge in [0.05, 0.1) is 0 Å². The Kier molecular flexibility index (Phi) is 3.17. The SMILES string of the molecule is Cc1ccc(C2CCC(S)CC2)cc1. The molecule has 1 heteroatoms. The summed E-state index contributed by atoms with van der Waals surface area (Å²) < 4.78 is 0. The first-order valence-corrected chi connectivity index (χ1v) is 6.02. The molecule has 14 heavy (non-hydrogen) atoms. The molecule has 0 unspecified atom stereocenters. The van der Waals surface area contributed by atoms with E-state index in [9.17, 15) is 0 Å². The zero-order chi connectivity index (χ0) is 9.97. The average molecular weight is 206 g/mol. The van der Waals surface area contributed by atoms with Crippen molar-refractivity contribution in [2.75, 3.05) is 0 Å². The summed E-state index contributed by atoms with van der Waals surface area (Å²) in [6, 6.07) is 9.03. The van der Waals surface area contributed by atoms with Crippen LogP contribution in [-0.4, -0.2) is 5.25 Å². The van der Waals surface area contributed by atoms with Gasteiger partial charge in [-0.15, -0.1) is 0 Å². The molecule has 0 aliphatic heterocycles. The van der Waals surface area contributed by atoms with Crippen molar-refractivity contribution in [1.82, 2.24) is 0 Å². The lowest BCUT2D eigenvalue weighted by Gasteiger charge is -2.25. The molecule has 76 valence electrons. The molecule has 0 heterocycles. The lowest BCUT2D eigenvalue weighted by Crippen LogP contribution is -2.12. The van der Waals surface area contributed by atoms with E-state index >= 15 is 0 Å². The van der Waals surface area contributed by atoms with Crippen LogP contribution in [-0.2, 0) is 0 Å². The van der Waals surface area contributed by atoms with E-state index in [2.05, 4.69) is 43.8 Å². The molecule has 0 spiro atoms. The second-order valence-electron chi connectivity index (χ2n) is 4.42. The van der Waals surface area contributed by atoms with Crippen LogP contribution in [0.1, 0.15) is 42.7 Å². The van der Waals surface area contributed by atoms with Crippen LogP contribution in [0.2, 0.25) is 0 Å². The third-order valence-corrected chi connectivity index (χ3v) is 3.76. The van der Waals surface area contributed by atoms with Crippen molar-refractivity contribution in [3.05, 3.63) is 35.4 Å². The van der Waals surface area contributed by atoms with Crippen LogP contribution in [0.25, 0.3) is 0 Å². The van der Waals surface area contributed by atoms with Gasteiger partial charge in [0, 0.05) is 5.25 Å². The monoisotopic (exact) mass is 206 g/mol. The van der Waals surface area contributed by atoms with Gasteiger partial charge in [0.15, 0.2) is 0 Å². The van der Waals surface area contributed by atoms with Crippen molar-refractivity contribution in [3.63, 3.8) is 0 Å². The first-order chi connectivity index (χ1) is 6.75. The number of rotatable bonds is 1. The van der Waals surface area contributed by atoms with Gasteiger partial charge in [-0.25, -0.2) is 0 Å². The van der Waals surface area contributed by atoms with Gasteiger partial charge in [-0.1, -0.05) is 29.8 Å². The van der Waals surface area contributed by atoms with Crippen molar-refractivity contribution < 1.29 is 0 Å². The number of benzene rings is 1. The van der Waals surface area contributed by atoms with Gasteiger partial charge < -0.3 is 0 Å². The summed E-state index contributed by atoms with van der Waals surface area (Å²) in [5.41, 5.74) is 2.88. The van der Waals surface area contributed by atoms with E-state index in [-0.39, 0.29) is 0 Å². The summed E-state index contributed by atoms with van der Waals surface area (Å²) >= 11 is 4.53. The summed E-state index contributed by atoms with van der Waals surface area (Å²) in [5, 5.41) is 0.650. The molecule has 1 aromatic rings. The third-order valence-electron chi connectivity index (χ3n) is 3.25. The molecule has 0 nitrogen and oxygen atoms in total. The molecule has 2 rings (SSSR count). The normalized spacial score (nSPS) is 27.6. The van der Waals surface area contributed by atoms with Crippen LogP contribution in [0.4, 0.5) is 0 Å². The van der Waals surface area contributed by atoms with E-state index in [1.807, 2.05) is 0 Å². The molecule has 1 aromatic carbocycles.